The molecular weight excluding hydrogens is 388 g/mol. The Morgan fingerprint density at radius 3 is 2.34 bits per heavy atom. The second-order valence-corrected chi connectivity index (χ2v) is 9.44. The Hall–Kier alpha value is -2.22. The van der Waals surface area contributed by atoms with Gasteiger partial charge in [0.15, 0.2) is 0 Å². The monoisotopic (exact) mass is 416 g/mol. The quantitative estimate of drug-likeness (QED) is 0.710. The number of hydrogen-bond acceptors (Lipinski definition) is 4. The highest BCUT2D eigenvalue weighted by Crippen LogP contribution is 2.21. The largest absolute Gasteiger partial charge is 0.368 e. The molecule has 0 aromatic heterocycles. The molecule has 0 bridgehead atoms. The zero-order chi connectivity index (χ0) is 20.7. The summed E-state index contributed by atoms with van der Waals surface area (Å²) in [7, 11) is -2.06. The summed E-state index contributed by atoms with van der Waals surface area (Å²) in [6.45, 7) is 0.310. The maximum atomic E-state index is 12.8. The molecule has 0 spiro atoms. The molecule has 1 N–H and O–H groups in total. The van der Waals surface area contributed by atoms with Crippen molar-refractivity contribution in [2.24, 2.45) is 0 Å². The van der Waals surface area contributed by atoms with Gasteiger partial charge in [-0.15, -0.1) is 0 Å². The molecule has 0 heterocycles. The van der Waals surface area contributed by atoms with Crippen molar-refractivity contribution in [3.63, 3.8) is 0 Å². The van der Waals surface area contributed by atoms with Crippen molar-refractivity contribution in [3.8, 4) is 0 Å². The fourth-order valence-electron chi connectivity index (χ4n) is 3.44. The van der Waals surface area contributed by atoms with E-state index in [0.717, 1.165) is 31.2 Å². The van der Waals surface area contributed by atoms with Gasteiger partial charge in [-0.1, -0.05) is 49.6 Å². The van der Waals surface area contributed by atoms with Crippen LogP contribution < -0.4 is 5.32 Å². The van der Waals surface area contributed by atoms with Gasteiger partial charge in [0.2, 0.25) is 15.9 Å². The number of hydrogen-bond donors (Lipinski definition) is 1. The number of nitrogens with one attached hydrogen (secondary N) is 1. The van der Waals surface area contributed by atoms with Crippen molar-refractivity contribution in [3.05, 3.63) is 60.2 Å². The zero-order valence-electron chi connectivity index (χ0n) is 16.7. The highest BCUT2D eigenvalue weighted by atomic mass is 32.2. The summed E-state index contributed by atoms with van der Waals surface area (Å²) >= 11 is 0. The first kappa shape index (κ1) is 21.5. The van der Waals surface area contributed by atoms with Gasteiger partial charge in [0, 0.05) is 19.3 Å². The van der Waals surface area contributed by atoms with E-state index in [1.54, 1.807) is 19.2 Å². The maximum Gasteiger partial charge on any atom is 0.250 e. The highest BCUT2D eigenvalue weighted by molar-refractivity contribution is 7.89. The third-order valence-corrected chi connectivity index (χ3v) is 6.91. The summed E-state index contributed by atoms with van der Waals surface area (Å²) in [4.78, 5) is 12.3. The smallest absolute Gasteiger partial charge is 0.250 e. The predicted octanol–water partition coefficient (Wildman–Crippen LogP) is 3.80. The van der Waals surface area contributed by atoms with Crippen LogP contribution in [-0.2, 0) is 26.1 Å². The van der Waals surface area contributed by atoms with Crippen LogP contribution >= 0.6 is 0 Å². The van der Waals surface area contributed by atoms with Crippen LogP contribution in [0.5, 0.6) is 0 Å². The van der Waals surface area contributed by atoms with Crippen LogP contribution in [-0.4, -0.2) is 38.4 Å². The van der Waals surface area contributed by atoms with Crippen LogP contribution in [0.3, 0.4) is 0 Å². The number of sulfonamides is 1. The number of anilines is 1. The first-order valence-electron chi connectivity index (χ1n) is 9.97. The molecule has 7 heteroatoms. The number of carbonyl (C=O) groups excluding carboxylic acids is 1. The van der Waals surface area contributed by atoms with E-state index in [9.17, 15) is 13.2 Å². The van der Waals surface area contributed by atoms with Crippen molar-refractivity contribution in [2.75, 3.05) is 19.0 Å². The Morgan fingerprint density at radius 1 is 1.03 bits per heavy atom. The predicted molar refractivity (Wildman–Crippen MR) is 113 cm³/mol. The van der Waals surface area contributed by atoms with Crippen LogP contribution in [0.15, 0.2) is 59.5 Å². The van der Waals surface area contributed by atoms with Crippen LogP contribution in [0.25, 0.3) is 0 Å². The molecule has 0 radical (unpaired) electrons. The zero-order valence-corrected chi connectivity index (χ0v) is 17.5. The molecule has 0 aliphatic heterocycles. The fourth-order valence-corrected chi connectivity index (χ4v) is 4.60. The third-order valence-electron chi connectivity index (χ3n) is 5.10. The molecule has 1 aliphatic carbocycles. The molecule has 0 saturated heterocycles. The Bertz CT molecular complexity index is 892. The van der Waals surface area contributed by atoms with Gasteiger partial charge >= 0.3 is 0 Å². The van der Waals surface area contributed by atoms with Gasteiger partial charge in [-0.2, -0.15) is 4.31 Å². The molecule has 2 aromatic rings. The molecule has 29 heavy (non-hydrogen) atoms. The molecule has 156 valence electrons. The average molecular weight is 417 g/mol. The van der Waals surface area contributed by atoms with E-state index in [1.165, 1.54) is 22.9 Å². The molecule has 1 aliphatic rings. The van der Waals surface area contributed by atoms with Crippen molar-refractivity contribution < 1.29 is 17.9 Å². The summed E-state index contributed by atoms with van der Waals surface area (Å²) in [6, 6.07) is 15.6. The second-order valence-electron chi connectivity index (χ2n) is 7.39. The van der Waals surface area contributed by atoms with E-state index in [-0.39, 0.29) is 23.5 Å². The van der Waals surface area contributed by atoms with Gasteiger partial charge in [-0.05, 0) is 42.7 Å². The lowest BCUT2D eigenvalue weighted by Crippen LogP contribution is -2.26. The highest BCUT2D eigenvalue weighted by Gasteiger charge is 2.21. The molecule has 1 saturated carbocycles. The summed E-state index contributed by atoms with van der Waals surface area (Å²) in [6.07, 6.45) is 5.73. The molecule has 0 atom stereocenters. The van der Waals surface area contributed by atoms with Crippen LogP contribution in [0.4, 0.5) is 5.69 Å². The molecule has 0 unspecified atom stereocenters. The summed E-state index contributed by atoms with van der Waals surface area (Å²) in [5, 5.41) is 2.76. The lowest BCUT2D eigenvalue weighted by molar-refractivity contribution is -0.123. The Morgan fingerprint density at radius 2 is 1.69 bits per heavy atom. The van der Waals surface area contributed by atoms with E-state index in [4.69, 9.17) is 4.74 Å². The van der Waals surface area contributed by atoms with E-state index in [0.29, 0.717) is 12.2 Å². The Labute approximate surface area is 172 Å². The van der Waals surface area contributed by atoms with Crippen LogP contribution in [0.1, 0.15) is 37.7 Å². The molecule has 1 fully saturated rings. The van der Waals surface area contributed by atoms with Gasteiger partial charge in [-0.25, -0.2) is 8.42 Å². The number of ether oxygens (including phenoxy) is 1. The van der Waals surface area contributed by atoms with Crippen LogP contribution in [0.2, 0.25) is 0 Å². The lowest BCUT2D eigenvalue weighted by atomic mass is 9.98. The Kier molecular flexibility index (Phi) is 7.41. The Balaban J connectivity index is 1.54. The molecule has 2 aromatic carbocycles. The van der Waals surface area contributed by atoms with Crippen molar-refractivity contribution in [2.45, 2.75) is 49.6 Å². The first-order valence-corrected chi connectivity index (χ1v) is 11.4. The van der Waals surface area contributed by atoms with Crippen LogP contribution in [0, 0.1) is 0 Å². The molecular formula is C22H28N2O4S. The summed E-state index contributed by atoms with van der Waals surface area (Å²) in [5.74, 6) is -0.229. The maximum absolute atomic E-state index is 12.8. The van der Waals surface area contributed by atoms with E-state index >= 15 is 0 Å². The van der Waals surface area contributed by atoms with Gasteiger partial charge in [0.05, 0.1) is 11.0 Å². The SMILES string of the molecule is CN(Cc1ccccc1)S(=O)(=O)c1ccc(NC(=O)COC2CCCCC2)cc1. The number of amides is 1. The van der Waals surface area contributed by atoms with Gasteiger partial charge in [0.25, 0.3) is 0 Å². The van der Waals surface area contributed by atoms with Crippen molar-refractivity contribution in [1.29, 1.82) is 0 Å². The topological polar surface area (TPSA) is 75.7 Å². The fraction of sp³-hybridized carbons (Fsp3) is 0.409. The normalized spacial score (nSPS) is 15.4. The number of nitrogens with zero attached hydrogens (tertiary/aromatic N) is 1. The molecule has 1 amide bonds. The first-order chi connectivity index (χ1) is 13.9. The van der Waals surface area contributed by atoms with Gasteiger partial charge in [0.1, 0.15) is 6.61 Å². The van der Waals surface area contributed by atoms with Crippen molar-refractivity contribution in [1.82, 2.24) is 4.31 Å². The number of rotatable bonds is 8. The van der Waals surface area contributed by atoms with Gasteiger partial charge < -0.3 is 10.1 Å². The second kappa shape index (κ2) is 10.0. The third kappa shape index (κ3) is 6.13. The van der Waals surface area contributed by atoms with E-state index in [1.807, 2.05) is 30.3 Å². The number of benzene rings is 2. The minimum absolute atomic E-state index is 0.0184. The van der Waals surface area contributed by atoms with E-state index < -0.39 is 10.0 Å². The number of carbonyl (C=O) groups is 1. The average Bonchev–Trinajstić information content (AvgIpc) is 2.74. The lowest BCUT2D eigenvalue weighted by Gasteiger charge is -2.21. The van der Waals surface area contributed by atoms with E-state index in [2.05, 4.69) is 5.32 Å². The minimum Gasteiger partial charge on any atom is -0.368 e. The summed E-state index contributed by atoms with van der Waals surface area (Å²) < 4.78 is 32.5. The molecule has 6 nitrogen and oxygen atoms in total. The summed E-state index contributed by atoms with van der Waals surface area (Å²) in [5.41, 5.74) is 1.47. The van der Waals surface area contributed by atoms with Crippen molar-refractivity contribution >= 4 is 21.6 Å². The standard InChI is InChI=1S/C22H28N2O4S/c1-24(16-18-8-4-2-5-9-18)29(26,27)21-14-12-19(13-15-21)23-22(25)17-28-20-10-6-3-7-11-20/h2,4-5,8-9,12-15,20H,3,6-7,10-11,16-17H2,1H3,(H,23,25). The van der Waals surface area contributed by atoms with Gasteiger partial charge in [-0.3, -0.25) is 4.79 Å². The minimum atomic E-state index is -3.61. The molecule has 3 rings (SSSR count).